The number of thiocarbonyl (C=S) groups is 1. The van der Waals surface area contributed by atoms with E-state index >= 15 is 0 Å². The number of amides is 1. The van der Waals surface area contributed by atoms with Crippen LogP contribution in [0.15, 0.2) is 47.4 Å². The summed E-state index contributed by atoms with van der Waals surface area (Å²) < 4.78 is 0.488. The van der Waals surface area contributed by atoms with Crippen LogP contribution >= 0.6 is 24.0 Å². The average molecular weight is 369 g/mol. The summed E-state index contributed by atoms with van der Waals surface area (Å²) in [7, 11) is 0. The number of carbonyl (C=O) groups excluding carboxylic acids is 1. The van der Waals surface area contributed by atoms with Gasteiger partial charge < -0.3 is 5.11 Å². The van der Waals surface area contributed by atoms with Gasteiger partial charge in [0.15, 0.2) is 4.32 Å². The van der Waals surface area contributed by atoms with Crippen LogP contribution in [0.3, 0.4) is 0 Å². The SMILES string of the molecule is Cc1ccc(N2C(=O)C(=Cc3ccc(C(=O)O)cc3)SC2=S)cc1C. The zero-order chi connectivity index (χ0) is 18.1. The Hall–Kier alpha value is -2.44. The fourth-order valence-electron chi connectivity index (χ4n) is 2.43. The van der Waals surface area contributed by atoms with Gasteiger partial charge in [-0.15, -0.1) is 0 Å². The zero-order valence-electron chi connectivity index (χ0n) is 13.6. The van der Waals surface area contributed by atoms with Crippen molar-refractivity contribution in [3.05, 3.63) is 69.6 Å². The highest BCUT2D eigenvalue weighted by Gasteiger charge is 2.33. The van der Waals surface area contributed by atoms with Crippen LogP contribution in [0.5, 0.6) is 0 Å². The van der Waals surface area contributed by atoms with Crippen LogP contribution in [0.2, 0.25) is 0 Å². The van der Waals surface area contributed by atoms with Gasteiger partial charge in [0.25, 0.3) is 5.91 Å². The predicted molar refractivity (Wildman–Crippen MR) is 105 cm³/mol. The first-order chi connectivity index (χ1) is 11.9. The van der Waals surface area contributed by atoms with Gasteiger partial charge in [-0.1, -0.05) is 42.2 Å². The van der Waals surface area contributed by atoms with Gasteiger partial charge in [-0.2, -0.15) is 0 Å². The Morgan fingerprint density at radius 2 is 1.80 bits per heavy atom. The first-order valence-electron chi connectivity index (χ1n) is 7.55. The number of rotatable bonds is 3. The van der Waals surface area contributed by atoms with E-state index in [9.17, 15) is 9.59 Å². The van der Waals surface area contributed by atoms with E-state index < -0.39 is 5.97 Å². The second-order valence-corrected chi connectivity index (χ2v) is 7.39. The minimum atomic E-state index is -0.979. The molecule has 0 unspecified atom stereocenters. The molecule has 6 heteroatoms. The summed E-state index contributed by atoms with van der Waals surface area (Å²) >= 11 is 6.62. The topological polar surface area (TPSA) is 57.6 Å². The van der Waals surface area contributed by atoms with Gasteiger partial charge in [-0.3, -0.25) is 9.69 Å². The molecule has 1 heterocycles. The summed E-state index contributed by atoms with van der Waals surface area (Å²) in [6.07, 6.45) is 1.73. The molecule has 0 atom stereocenters. The van der Waals surface area contributed by atoms with Crippen LogP contribution in [0.1, 0.15) is 27.0 Å². The van der Waals surface area contributed by atoms with Crippen molar-refractivity contribution in [3.63, 3.8) is 0 Å². The van der Waals surface area contributed by atoms with Gasteiger partial charge in [0.1, 0.15) is 0 Å². The molecule has 0 aromatic heterocycles. The summed E-state index contributed by atoms with van der Waals surface area (Å²) in [5, 5.41) is 8.94. The van der Waals surface area contributed by atoms with Crippen molar-refractivity contribution >= 4 is 51.9 Å². The van der Waals surface area contributed by atoms with Crippen LogP contribution < -0.4 is 4.90 Å². The average Bonchev–Trinajstić information content (AvgIpc) is 2.85. The van der Waals surface area contributed by atoms with Crippen LogP contribution in [0, 0.1) is 13.8 Å². The van der Waals surface area contributed by atoms with Gasteiger partial charge in [-0.25, -0.2) is 4.79 Å². The Labute approximate surface area is 155 Å². The number of thioether (sulfide) groups is 1. The van der Waals surface area contributed by atoms with Crippen molar-refractivity contribution in [1.29, 1.82) is 0 Å². The molecule has 0 bridgehead atoms. The number of nitrogens with zero attached hydrogens (tertiary/aromatic N) is 1. The van der Waals surface area contributed by atoms with E-state index in [-0.39, 0.29) is 11.5 Å². The first kappa shape index (κ1) is 17.4. The molecular formula is C19H15NO3S2. The summed E-state index contributed by atoms with van der Waals surface area (Å²) in [6, 6.07) is 12.2. The van der Waals surface area contributed by atoms with Crippen molar-refractivity contribution in [2.45, 2.75) is 13.8 Å². The Balaban J connectivity index is 1.90. The van der Waals surface area contributed by atoms with Gasteiger partial charge in [0, 0.05) is 0 Å². The van der Waals surface area contributed by atoms with E-state index in [1.807, 2.05) is 32.0 Å². The molecule has 1 fully saturated rings. The molecule has 0 saturated carbocycles. The first-order valence-corrected chi connectivity index (χ1v) is 8.78. The lowest BCUT2D eigenvalue weighted by Crippen LogP contribution is -2.27. The predicted octanol–water partition coefficient (Wildman–Crippen LogP) is 4.41. The largest absolute Gasteiger partial charge is 0.478 e. The molecule has 0 radical (unpaired) electrons. The lowest BCUT2D eigenvalue weighted by atomic mass is 10.1. The van der Waals surface area contributed by atoms with Gasteiger partial charge in [0.2, 0.25) is 0 Å². The molecule has 4 nitrogen and oxygen atoms in total. The van der Waals surface area contributed by atoms with E-state index in [4.69, 9.17) is 17.3 Å². The second kappa shape index (κ2) is 6.82. The Bertz CT molecular complexity index is 917. The molecular weight excluding hydrogens is 354 g/mol. The quantitative estimate of drug-likeness (QED) is 0.642. The minimum Gasteiger partial charge on any atom is -0.478 e. The van der Waals surface area contributed by atoms with Crippen molar-refractivity contribution in [2.24, 2.45) is 0 Å². The Morgan fingerprint density at radius 3 is 2.40 bits per heavy atom. The number of carboxylic acid groups (broad SMARTS) is 1. The highest BCUT2D eigenvalue weighted by molar-refractivity contribution is 8.27. The van der Waals surface area contributed by atoms with Crippen LogP contribution in [0.25, 0.3) is 6.08 Å². The summed E-state index contributed by atoms with van der Waals surface area (Å²) in [5.74, 6) is -1.15. The maximum Gasteiger partial charge on any atom is 0.335 e. The minimum absolute atomic E-state index is 0.166. The van der Waals surface area contributed by atoms with Crippen molar-refractivity contribution in [3.8, 4) is 0 Å². The fraction of sp³-hybridized carbons (Fsp3) is 0.105. The third-order valence-corrected chi connectivity index (χ3v) is 5.30. The number of hydrogen-bond donors (Lipinski definition) is 1. The van der Waals surface area contributed by atoms with E-state index in [1.54, 1.807) is 18.2 Å². The highest BCUT2D eigenvalue weighted by atomic mass is 32.2. The number of hydrogen-bond acceptors (Lipinski definition) is 4. The third kappa shape index (κ3) is 3.50. The highest BCUT2D eigenvalue weighted by Crippen LogP contribution is 2.36. The summed E-state index contributed by atoms with van der Waals surface area (Å²) in [5.41, 5.74) is 3.98. The van der Waals surface area contributed by atoms with E-state index in [0.29, 0.717) is 9.23 Å². The molecule has 0 aliphatic carbocycles. The molecule has 1 N–H and O–H groups in total. The molecule has 2 aromatic rings. The second-order valence-electron chi connectivity index (χ2n) is 5.71. The van der Waals surface area contributed by atoms with E-state index in [2.05, 4.69) is 0 Å². The molecule has 1 aliphatic heterocycles. The van der Waals surface area contributed by atoms with Crippen LogP contribution in [0.4, 0.5) is 5.69 Å². The smallest absolute Gasteiger partial charge is 0.335 e. The van der Waals surface area contributed by atoms with E-state index in [1.165, 1.54) is 28.8 Å². The number of carbonyl (C=O) groups is 2. The summed E-state index contributed by atoms with van der Waals surface area (Å²) in [6.45, 7) is 4.01. The number of aromatic carboxylic acids is 1. The van der Waals surface area contributed by atoms with Crippen LogP contribution in [-0.2, 0) is 4.79 Å². The van der Waals surface area contributed by atoms with Crippen molar-refractivity contribution in [1.82, 2.24) is 0 Å². The van der Waals surface area contributed by atoms with Gasteiger partial charge in [-0.05, 0) is 60.9 Å². The van der Waals surface area contributed by atoms with Gasteiger partial charge in [0.05, 0.1) is 16.2 Å². The normalized spacial score (nSPS) is 15.9. The Kier molecular flexibility index (Phi) is 4.74. The Morgan fingerprint density at radius 1 is 1.12 bits per heavy atom. The fourth-order valence-corrected chi connectivity index (χ4v) is 3.73. The molecule has 0 spiro atoms. The molecule has 126 valence electrons. The molecule has 2 aromatic carbocycles. The molecule has 25 heavy (non-hydrogen) atoms. The third-order valence-electron chi connectivity index (χ3n) is 4.00. The van der Waals surface area contributed by atoms with Crippen molar-refractivity contribution < 1.29 is 14.7 Å². The van der Waals surface area contributed by atoms with Crippen LogP contribution in [-0.4, -0.2) is 21.3 Å². The number of aryl methyl sites for hydroxylation is 2. The maximum absolute atomic E-state index is 12.7. The molecule has 1 amide bonds. The van der Waals surface area contributed by atoms with Gasteiger partial charge >= 0.3 is 5.97 Å². The number of carboxylic acids is 1. The monoisotopic (exact) mass is 369 g/mol. The molecule has 3 rings (SSSR count). The van der Waals surface area contributed by atoms with E-state index in [0.717, 1.165) is 22.4 Å². The lowest BCUT2D eigenvalue weighted by Gasteiger charge is -2.15. The number of benzene rings is 2. The summed E-state index contributed by atoms with van der Waals surface area (Å²) in [4.78, 5) is 25.7. The molecule has 1 saturated heterocycles. The molecule has 1 aliphatic rings. The standard InChI is InChI=1S/C19H15NO3S2/c1-11-3-8-15(9-12(11)2)20-17(21)16(25-19(20)24)10-13-4-6-14(7-5-13)18(22)23/h3-10H,1-2H3,(H,22,23). The lowest BCUT2D eigenvalue weighted by molar-refractivity contribution is -0.113. The zero-order valence-corrected chi connectivity index (χ0v) is 15.3. The number of anilines is 1. The maximum atomic E-state index is 12.7. The van der Waals surface area contributed by atoms with Crippen molar-refractivity contribution in [2.75, 3.05) is 4.90 Å².